The van der Waals surface area contributed by atoms with Crippen molar-refractivity contribution < 1.29 is 4.39 Å². The maximum Gasteiger partial charge on any atom is 0.140 e. The Kier molecular flexibility index (Phi) is 5.15. The van der Waals surface area contributed by atoms with Gasteiger partial charge >= 0.3 is 0 Å². The average molecular weight is 385 g/mol. The molecule has 1 N–H and O–H groups in total. The van der Waals surface area contributed by atoms with Crippen LogP contribution in [0.2, 0.25) is 0 Å². The zero-order valence-electron chi connectivity index (χ0n) is 12.4. The number of anilines is 1. The van der Waals surface area contributed by atoms with Gasteiger partial charge in [-0.15, -0.1) is 0 Å². The predicted octanol–water partition coefficient (Wildman–Crippen LogP) is 3.76. The van der Waals surface area contributed by atoms with Crippen LogP contribution in [0.3, 0.4) is 0 Å². The summed E-state index contributed by atoms with van der Waals surface area (Å²) in [5.41, 5.74) is 0.764. The van der Waals surface area contributed by atoms with Crippen molar-refractivity contribution in [3.63, 3.8) is 0 Å². The van der Waals surface area contributed by atoms with E-state index in [2.05, 4.69) is 35.5 Å². The zero-order chi connectivity index (χ0) is 15.5. The van der Waals surface area contributed by atoms with Crippen molar-refractivity contribution in [2.75, 3.05) is 24.2 Å². The molecule has 1 aliphatic heterocycles. The van der Waals surface area contributed by atoms with E-state index < -0.39 is 0 Å². The third-order valence-corrected chi connectivity index (χ3v) is 5.08. The number of benzene rings is 1. The summed E-state index contributed by atoms with van der Waals surface area (Å²) < 4.78 is 17.7. The van der Waals surface area contributed by atoms with Crippen molar-refractivity contribution in [1.29, 1.82) is 0 Å². The van der Waals surface area contributed by atoms with Gasteiger partial charge in [0.2, 0.25) is 0 Å². The number of nitrogens with one attached hydrogen (secondary N) is 1. The van der Waals surface area contributed by atoms with E-state index >= 15 is 0 Å². The van der Waals surface area contributed by atoms with Gasteiger partial charge in [0.15, 0.2) is 0 Å². The van der Waals surface area contributed by atoms with Gasteiger partial charge in [-0.3, -0.25) is 4.72 Å². The Morgan fingerprint density at radius 2 is 2.27 bits per heavy atom. The minimum Gasteiger partial charge on any atom is -0.352 e. The van der Waals surface area contributed by atoms with Crippen molar-refractivity contribution in [3.8, 4) is 0 Å². The van der Waals surface area contributed by atoms with E-state index in [1.54, 1.807) is 24.3 Å². The number of halogens is 2. The van der Waals surface area contributed by atoms with Gasteiger partial charge in [-0.2, -0.15) is 0 Å². The molecule has 2 aromatic rings. The van der Waals surface area contributed by atoms with Crippen molar-refractivity contribution in [2.45, 2.75) is 25.3 Å². The highest BCUT2D eigenvalue weighted by atomic mass is 79.9. The lowest BCUT2D eigenvalue weighted by molar-refractivity contribution is 0.456. The Labute approximate surface area is 142 Å². The summed E-state index contributed by atoms with van der Waals surface area (Å²) in [4.78, 5) is 11.0. The van der Waals surface area contributed by atoms with E-state index in [0.29, 0.717) is 10.5 Å². The summed E-state index contributed by atoms with van der Waals surface area (Å²) in [6.45, 7) is 1.84. The molecule has 1 aliphatic rings. The average Bonchev–Trinajstić information content (AvgIpc) is 2.54. The van der Waals surface area contributed by atoms with Gasteiger partial charge in [-0.25, -0.2) is 14.4 Å². The minimum absolute atomic E-state index is 0.278. The number of hydrogen-bond acceptors (Lipinski definition) is 5. The Balaban J connectivity index is 2.01. The number of fused-ring (bicyclic) bond motifs is 1. The first-order chi connectivity index (χ1) is 10.7. The van der Waals surface area contributed by atoms with Crippen LogP contribution in [0.5, 0.6) is 0 Å². The van der Waals surface area contributed by atoms with Crippen LogP contribution in [0.4, 0.5) is 10.2 Å². The van der Waals surface area contributed by atoms with Gasteiger partial charge in [-0.05, 0) is 53.6 Å². The van der Waals surface area contributed by atoms with Crippen LogP contribution in [-0.2, 0) is 0 Å². The second-order valence-electron chi connectivity index (χ2n) is 5.38. The number of aromatic nitrogens is 2. The Morgan fingerprint density at radius 1 is 1.41 bits per heavy atom. The molecule has 1 atom stereocenters. The monoisotopic (exact) mass is 384 g/mol. The van der Waals surface area contributed by atoms with Crippen molar-refractivity contribution in [3.05, 3.63) is 28.7 Å². The number of hydrogen-bond donors (Lipinski definition) is 1. The number of rotatable bonds is 4. The fourth-order valence-electron chi connectivity index (χ4n) is 2.94. The summed E-state index contributed by atoms with van der Waals surface area (Å²) in [6, 6.07) is 3.63. The Morgan fingerprint density at radius 3 is 3.09 bits per heavy atom. The molecule has 1 fully saturated rings. The first kappa shape index (κ1) is 16.0. The van der Waals surface area contributed by atoms with E-state index in [4.69, 9.17) is 0 Å². The third-order valence-electron chi connectivity index (χ3n) is 4.02. The van der Waals surface area contributed by atoms with Crippen molar-refractivity contribution in [2.24, 2.45) is 0 Å². The van der Waals surface area contributed by atoms with E-state index in [1.165, 1.54) is 12.5 Å². The van der Waals surface area contributed by atoms with Gasteiger partial charge in [0.25, 0.3) is 0 Å². The molecule has 0 aliphatic carbocycles. The first-order valence-electron chi connectivity index (χ1n) is 7.33. The lowest BCUT2D eigenvalue weighted by Crippen LogP contribution is -2.45. The fraction of sp³-hybridized carbons (Fsp3) is 0.467. The lowest BCUT2D eigenvalue weighted by Gasteiger charge is -2.37. The standard InChI is InChI=1S/C15H18BrFN4S/c1-22-20-8-10-4-2-3-5-21(10)15-11-6-13(17)12(16)7-14(11)18-9-19-15/h6-7,9-10,20H,2-5,8H2,1H3. The SMILES string of the molecule is CSNCC1CCCCN1c1ncnc2cc(Br)c(F)cc12. The maximum atomic E-state index is 14.0. The van der Waals surface area contributed by atoms with E-state index in [-0.39, 0.29) is 5.82 Å². The molecule has 1 aromatic carbocycles. The van der Waals surface area contributed by atoms with Crippen LogP contribution in [0.1, 0.15) is 19.3 Å². The number of nitrogens with zero attached hydrogens (tertiary/aromatic N) is 3. The molecule has 0 saturated carbocycles. The molecule has 0 spiro atoms. The van der Waals surface area contributed by atoms with Gasteiger partial charge in [0.05, 0.1) is 9.99 Å². The Bertz CT molecular complexity index is 669. The second-order valence-corrected chi connectivity index (χ2v) is 6.93. The second kappa shape index (κ2) is 7.10. The van der Waals surface area contributed by atoms with Crippen LogP contribution in [-0.4, -0.2) is 35.4 Å². The van der Waals surface area contributed by atoms with E-state index in [1.807, 2.05) is 6.26 Å². The Hall–Kier alpha value is -0.920. The summed E-state index contributed by atoms with van der Waals surface area (Å²) in [7, 11) is 0. The summed E-state index contributed by atoms with van der Waals surface area (Å²) >= 11 is 4.85. The molecular formula is C15H18BrFN4S. The van der Waals surface area contributed by atoms with E-state index in [9.17, 15) is 4.39 Å². The van der Waals surface area contributed by atoms with Crippen molar-refractivity contribution >= 4 is 44.6 Å². The largest absolute Gasteiger partial charge is 0.352 e. The smallest absolute Gasteiger partial charge is 0.140 e. The summed E-state index contributed by atoms with van der Waals surface area (Å²) in [5, 5.41) is 0.777. The van der Waals surface area contributed by atoms with Crippen LogP contribution in [0, 0.1) is 5.82 Å². The highest BCUT2D eigenvalue weighted by Gasteiger charge is 2.25. The normalized spacial score (nSPS) is 18.9. The molecule has 3 rings (SSSR count). The summed E-state index contributed by atoms with van der Waals surface area (Å²) in [6.07, 6.45) is 7.08. The topological polar surface area (TPSA) is 41.0 Å². The first-order valence-corrected chi connectivity index (χ1v) is 9.34. The molecule has 1 saturated heterocycles. The zero-order valence-corrected chi connectivity index (χ0v) is 14.8. The lowest BCUT2D eigenvalue weighted by atomic mass is 10.0. The van der Waals surface area contributed by atoms with Crippen molar-refractivity contribution in [1.82, 2.24) is 14.7 Å². The fourth-order valence-corrected chi connectivity index (χ4v) is 3.63. The molecule has 0 bridgehead atoms. The highest BCUT2D eigenvalue weighted by Crippen LogP contribution is 2.31. The van der Waals surface area contributed by atoms with Gasteiger partial charge < -0.3 is 4.90 Å². The van der Waals surface area contributed by atoms with Crippen LogP contribution in [0.15, 0.2) is 22.9 Å². The quantitative estimate of drug-likeness (QED) is 0.812. The molecule has 1 aromatic heterocycles. The molecule has 0 radical (unpaired) electrons. The number of piperidine rings is 1. The molecule has 0 amide bonds. The molecule has 7 heteroatoms. The third kappa shape index (κ3) is 3.21. The minimum atomic E-state index is -0.278. The highest BCUT2D eigenvalue weighted by molar-refractivity contribution is 9.10. The molecule has 2 heterocycles. The van der Waals surface area contributed by atoms with Gasteiger partial charge in [0, 0.05) is 24.5 Å². The van der Waals surface area contributed by atoms with Gasteiger partial charge in [0.1, 0.15) is 18.0 Å². The molecule has 1 unspecified atom stereocenters. The van der Waals surface area contributed by atoms with Gasteiger partial charge in [-0.1, -0.05) is 11.9 Å². The molecule has 22 heavy (non-hydrogen) atoms. The summed E-state index contributed by atoms with van der Waals surface area (Å²) in [5.74, 6) is 0.559. The van der Waals surface area contributed by atoms with E-state index in [0.717, 1.165) is 42.7 Å². The molecule has 118 valence electrons. The maximum absolute atomic E-state index is 14.0. The van der Waals surface area contributed by atoms with Crippen LogP contribution in [0.25, 0.3) is 10.9 Å². The molecular weight excluding hydrogens is 367 g/mol. The molecule has 4 nitrogen and oxygen atoms in total. The van der Waals surface area contributed by atoms with Crippen LogP contribution < -0.4 is 9.62 Å². The predicted molar refractivity (Wildman–Crippen MR) is 93.7 cm³/mol. The van der Waals surface area contributed by atoms with Crippen LogP contribution >= 0.6 is 27.9 Å².